The van der Waals surface area contributed by atoms with Gasteiger partial charge in [-0.1, -0.05) is 12.1 Å². The number of esters is 1. The number of methoxy groups -OCH3 is 1. The summed E-state index contributed by atoms with van der Waals surface area (Å²) in [6.45, 7) is 0. The lowest BCUT2D eigenvalue weighted by molar-refractivity contribution is -0.139. The fourth-order valence-corrected chi connectivity index (χ4v) is 2.76. The average molecular weight is 342 g/mol. The molecular formula is C15H12F2O5S. The molecule has 0 amide bonds. The Hall–Kier alpha value is -2.48. The fraction of sp³-hybridized carbons (Fsp3) is 0.133. The van der Waals surface area contributed by atoms with Crippen LogP contribution in [0.15, 0.2) is 47.4 Å². The van der Waals surface area contributed by atoms with Crippen molar-refractivity contribution in [1.29, 1.82) is 0 Å². The van der Waals surface area contributed by atoms with Gasteiger partial charge < -0.3 is 8.92 Å². The zero-order chi connectivity index (χ0) is 17.0. The Morgan fingerprint density at radius 1 is 1.09 bits per heavy atom. The summed E-state index contributed by atoms with van der Waals surface area (Å²) >= 11 is 0. The summed E-state index contributed by atoms with van der Waals surface area (Å²) in [5, 5.41) is 0. The largest absolute Gasteiger partial charge is 0.469 e. The number of benzene rings is 2. The molecular weight excluding hydrogens is 330 g/mol. The summed E-state index contributed by atoms with van der Waals surface area (Å²) in [4.78, 5) is 10.2. The van der Waals surface area contributed by atoms with Crippen LogP contribution in [0.5, 0.6) is 5.75 Å². The number of hydrogen-bond donors (Lipinski definition) is 0. The van der Waals surface area contributed by atoms with Gasteiger partial charge in [-0.3, -0.25) is 4.79 Å². The molecule has 5 nitrogen and oxygen atoms in total. The van der Waals surface area contributed by atoms with Crippen molar-refractivity contribution in [2.75, 3.05) is 7.11 Å². The third-order valence-electron chi connectivity index (χ3n) is 2.87. The van der Waals surface area contributed by atoms with Gasteiger partial charge in [-0.25, -0.2) is 8.78 Å². The van der Waals surface area contributed by atoms with Gasteiger partial charge in [0.1, 0.15) is 22.3 Å². The highest BCUT2D eigenvalue weighted by Gasteiger charge is 2.22. The lowest BCUT2D eigenvalue weighted by atomic mass is 10.1. The van der Waals surface area contributed by atoms with E-state index in [0.29, 0.717) is 17.7 Å². The molecule has 2 aromatic rings. The lowest BCUT2D eigenvalue weighted by Crippen LogP contribution is -2.12. The maximum atomic E-state index is 13.5. The van der Waals surface area contributed by atoms with E-state index in [1.165, 1.54) is 31.4 Å². The Kier molecular flexibility index (Phi) is 4.95. The van der Waals surface area contributed by atoms with E-state index in [1.807, 2.05) is 0 Å². The molecule has 0 aromatic heterocycles. The molecule has 0 atom stereocenters. The minimum atomic E-state index is -4.51. The van der Waals surface area contributed by atoms with Crippen molar-refractivity contribution in [2.24, 2.45) is 0 Å². The molecule has 122 valence electrons. The second kappa shape index (κ2) is 6.74. The number of rotatable bonds is 5. The molecule has 0 spiro atoms. The highest BCUT2D eigenvalue weighted by atomic mass is 32.2. The van der Waals surface area contributed by atoms with E-state index in [4.69, 9.17) is 4.18 Å². The molecule has 8 heteroatoms. The topological polar surface area (TPSA) is 69.7 Å². The van der Waals surface area contributed by atoms with Gasteiger partial charge in [0.25, 0.3) is 0 Å². The first-order chi connectivity index (χ1) is 10.8. The maximum Gasteiger partial charge on any atom is 0.342 e. The predicted octanol–water partition coefficient (Wildman–Crippen LogP) is 2.45. The Labute approximate surface area is 131 Å². The van der Waals surface area contributed by atoms with E-state index in [0.717, 1.165) is 6.07 Å². The van der Waals surface area contributed by atoms with Crippen molar-refractivity contribution in [1.82, 2.24) is 0 Å². The summed E-state index contributed by atoms with van der Waals surface area (Å²) in [5.41, 5.74) is 0.582. The van der Waals surface area contributed by atoms with Crippen LogP contribution in [-0.4, -0.2) is 21.5 Å². The summed E-state index contributed by atoms with van der Waals surface area (Å²) in [6.07, 6.45) is 0.0159. The van der Waals surface area contributed by atoms with E-state index in [9.17, 15) is 22.0 Å². The number of carbonyl (C=O) groups is 1. The van der Waals surface area contributed by atoms with Gasteiger partial charge >= 0.3 is 16.1 Å². The monoisotopic (exact) mass is 342 g/mol. The van der Waals surface area contributed by atoms with Gasteiger partial charge in [-0.05, 0) is 35.9 Å². The molecule has 2 aromatic carbocycles. The molecule has 0 aliphatic rings. The average Bonchev–Trinajstić information content (AvgIpc) is 2.51. The van der Waals surface area contributed by atoms with Crippen LogP contribution >= 0.6 is 0 Å². The Morgan fingerprint density at radius 3 is 2.35 bits per heavy atom. The zero-order valence-electron chi connectivity index (χ0n) is 12.0. The third-order valence-corrected chi connectivity index (χ3v) is 4.13. The molecule has 0 fully saturated rings. The molecule has 0 heterocycles. The molecule has 23 heavy (non-hydrogen) atoms. The number of hydrogen-bond acceptors (Lipinski definition) is 5. The molecule has 0 radical (unpaired) electrons. The highest BCUT2D eigenvalue weighted by molar-refractivity contribution is 7.87. The number of carbonyl (C=O) groups excluding carboxylic acids is 1. The molecule has 2 rings (SSSR count). The Bertz CT molecular complexity index is 816. The molecule has 0 unspecified atom stereocenters. The molecule has 0 aliphatic carbocycles. The minimum Gasteiger partial charge on any atom is -0.469 e. The molecule has 0 N–H and O–H groups in total. The van der Waals surface area contributed by atoms with Crippen LogP contribution in [0, 0.1) is 11.6 Å². The van der Waals surface area contributed by atoms with Gasteiger partial charge in [-0.2, -0.15) is 8.42 Å². The second-order valence-electron chi connectivity index (χ2n) is 4.51. The molecule has 0 saturated carbocycles. The summed E-state index contributed by atoms with van der Waals surface area (Å²) in [5.74, 6) is -2.56. The van der Waals surface area contributed by atoms with Crippen LogP contribution < -0.4 is 4.18 Å². The van der Waals surface area contributed by atoms with E-state index in [1.54, 1.807) is 0 Å². The van der Waals surface area contributed by atoms with Crippen molar-refractivity contribution in [3.63, 3.8) is 0 Å². The van der Waals surface area contributed by atoms with Gasteiger partial charge in [0.2, 0.25) is 0 Å². The first-order valence-corrected chi connectivity index (χ1v) is 7.78. The zero-order valence-corrected chi connectivity index (χ0v) is 12.8. The van der Waals surface area contributed by atoms with Crippen molar-refractivity contribution in [3.05, 3.63) is 59.7 Å². The molecule has 0 bridgehead atoms. The van der Waals surface area contributed by atoms with Crippen LogP contribution in [-0.2, 0) is 26.1 Å². The number of halogens is 2. The van der Waals surface area contributed by atoms with Crippen molar-refractivity contribution in [3.8, 4) is 5.75 Å². The molecule has 0 saturated heterocycles. The van der Waals surface area contributed by atoms with Gasteiger partial charge in [0.05, 0.1) is 13.5 Å². The van der Waals surface area contributed by atoms with E-state index < -0.39 is 32.6 Å². The van der Waals surface area contributed by atoms with Crippen LogP contribution in [0.2, 0.25) is 0 Å². The second-order valence-corrected chi connectivity index (χ2v) is 6.02. The Morgan fingerprint density at radius 2 is 1.74 bits per heavy atom. The van der Waals surface area contributed by atoms with Crippen molar-refractivity contribution in [2.45, 2.75) is 11.3 Å². The SMILES string of the molecule is COC(=O)Cc1ccc(OS(=O)(=O)c2cc(F)ccc2F)cc1. The van der Waals surface area contributed by atoms with E-state index >= 15 is 0 Å². The predicted molar refractivity (Wildman–Crippen MR) is 76.3 cm³/mol. The van der Waals surface area contributed by atoms with Crippen LogP contribution in [0.25, 0.3) is 0 Å². The summed E-state index contributed by atoms with van der Waals surface area (Å²) in [7, 11) is -3.26. The van der Waals surface area contributed by atoms with Gasteiger partial charge in [-0.15, -0.1) is 0 Å². The van der Waals surface area contributed by atoms with Crippen molar-refractivity contribution < 1.29 is 30.9 Å². The summed E-state index contributed by atoms with van der Waals surface area (Å²) < 4.78 is 59.9. The van der Waals surface area contributed by atoms with E-state index in [2.05, 4.69) is 4.74 Å². The van der Waals surface area contributed by atoms with Crippen molar-refractivity contribution >= 4 is 16.1 Å². The molecule has 0 aliphatic heterocycles. The summed E-state index contributed by atoms with van der Waals surface area (Å²) in [6, 6.07) is 7.56. The minimum absolute atomic E-state index is 0.0159. The first-order valence-electron chi connectivity index (χ1n) is 6.37. The highest BCUT2D eigenvalue weighted by Crippen LogP contribution is 2.22. The maximum absolute atomic E-state index is 13.5. The smallest absolute Gasteiger partial charge is 0.342 e. The normalized spacial score (nSPS) is 11.1. The fourth-order valence-electron chi connectivity index (χ4n) is 1.74. The standard InChI is InChI=1S/C15H12F2O5S/c1-21-15(18)8-10-2-5-12(6-3-10)22-23(19,20)14-9-11(16)4-7-13(14)17/h2-7,9H,8H2,1H3. The Balaban J connectivity index is 2.20. The van der Waals surface area contributed by atoms with Gasteiger partial charge in [0, 0.05) is 0 Å². The third kappa shape index (κ3) is 4.26. The van der Waals surface area contributed by atoms with Gasteiger partial charge in [0.15, 0.2) is 0 Å². The quantitative estimate of drug-likeness (QED) is 0.617. The van der Waals surface area contributed by atoms with Crippen LogP contribution in [0.1, 0.15) is 5.56 Å². The van der Waals surface area contributed by atoms with E-state index in [-0.39, 0.29) is 12.2 Å². The van der Waals surface area contributed by atoms with Crippen LogP contribution in [0.3, 0.4) is 0 Å². The first kappa shape index (κ1) is 16.9. The number of ether oxygens (including phenoxy) is 1. The lowest BCUT2D eigenvalue weighted by Gasteiger charge is -2.08. The van der Waals surface area contributed by atoms with Crippen LogP contribution in [0.4, 0.5) is 8.78 Å².